The molecule has 1 N–H and O–H groups in total. The summed E-state index contributed by atoms with van der Waals surface area (Å²) in [6, 6.07) is 20.1. The molecule has 0 aliphatic heterocycles. The lowest BCUT2D eigenvalue weighted by Crippen LogP contribution is -2.24. The van der Waals surface area contributed by atoms with Crippen molar-refractivity contribution in [2.75, 3.05) is 14.1 Å². The van der Waals surface area contributed by atoms with E-state index in [-0.39, 0.29) is 24.2 Å². The maximum atomic E-state index is 13.0. The largest absolute Gasteiger partial charge is 0.488 e. The van der Waals surface area contributed by atoms with E-state index in [1.54, 1.807) is 62.6 Å². The van der Waals surface area contributed by atoms with Gasteiger partial charge in [-0.15, -0.1) is 0 Å². The lowest BCUT2D eigenvalue weighted by Gasteiger charge is -2.13. The molecule has 0 unspecified atom stereocenters. The Morgan fingerprint density at radius 2 is 1.53 bits per heavy atom. The first-order valence-electron chi connectivity index (χ1n) is 9.49. The molecule has 0 fully saturated rings. The minimum Gasteiger partial charge on any atom is -0.488 e. The average molecular weight is 406 g/mol. The van der Waals surface area contributed by atoms with E-state index >= 15 is 0 Å². The third-order valence-corrected chi connectivity index (χ3v) is 4.50. The van der Waals surface area contributed by atoms with Gasteiger partial charge in [-0.05, 0) is 47.5 Å². The predicted molar refractivity (Wildman–Crippen MR) is 113 cm³/mol. The van der Waals surface area contributed by atoms with Gasteiger partial charge in [0.1, 0.15) is 18.2 Å². The molecular formula is C24H23FN2O3. The van der Waals surface area contributed by atoms with Crippen LogP contribution in [0.2, 0.25) is 0 Å². The fourth-order valence-corrected chi connectivity index (χ4v) is 2.82. The Labute approximate surface area is 175 Å². The quantitative estimate of drug-likeness (QED) is 0.644. The van der Waals surface area contributed by atoms with Crippen LogP contribution in [-0.2, 0) is 13.2 Å². The van der Waals surface area contributed by atoms with Crippen molar-refractivity contribution in [1.29, 1.82) is 0 Å². The number of rotatable bonds is 7. The van der Waals surface area contributed by atoms with Gasteiger partial charge in [0.2, 0.25) is 0 Å². The third kappa shape index (κ3) is 5.44. The molecular weight excluding hydrogens is 383 g/mol. The van der Waals surface area contributed by atoms with Crippen LogP contribution in [0.3, 0.4) is 0 Å². The molecule has 0 aliphatic rings. The number of hydrogen-bond acceptors (Lipinski definition) is 3. The molecule has 0 saturated heterocycles. The van der Waals surface area contributed by atoms with Crippen LogP contribution in [0.25, 0.3) is 0 Å². The van der Waals surface area contributed by atoms with Crippen molar-refractivity contribution in [2.45, 2.75) is 13.2 Å². The van der Waals surface area contributed by atoms with Crippen molar-refractivity contribution in [3.05, 3.63) is 101 Å². The number of ether oxygens (including phenoxy) is 1. The molecule has 0 atom stereocenters. The molecule has 3 rings (SSSR count). The first-order valence-corrected chi connectivity index (χ1v) is 9.49. The molecule has 30 heavy (non-hydrogen) atoms. The minimum atomic E-state index is -0.308. The molecule has 0 saturated carbocycles. The summed E-state index contributed by atoms with van der Waals surface area (Å²) in [4.78, 5) is 26.1. The molecule has 0 heterocycles. The molecule has 3 aromatic rings. The molecule has 5 nitrogen and oxygen atoms in total. The highest BCUT2D eigenvalue weighted by atomic mass is 19.1. The lowest BCUT2D eigenvalue weighted by atomic mass is 10.1. The van der Waals surface area contributed by atoms with E-state index in [0.717, 1.165) is 11.1 Å². The van der Waals surface area contributed by atoms with E-state index in [1.165, 1.54) is 17.0 Å². The SMILES string of the molecule is CN(C)C(=O)c1ccc(CNC(=O)c2ccccc2OCc2ccc(F)cc2)cc1. The minimum absolute atomic E-state index is 0.0715. The number of para-hydroxylation sites is 1. The summed E-state index contributed by atoms with van der Waals surface area (Å²) in [5.41, 5.74) is 2.69. The molecule has 0 bridgehead atoms. The fraction of sp³-hybridized carbons (Fsp3) is 0.167. The van der Waals surface area contributed by atoms with Gasteiger partial charge in [0.15, 0.2) is 0 Å². The number of nitrogens with zero attached hydrogens (tertiary/aromatic N) is 1. The van der Waals surface area contributed by atoms with Gasteiger partial charge in [0, 0.05) is 26.2 Å². The second-order valence-corrected chi connectivity index (χ2v) is 6.99. The zero-order valence-electron chi connectivity index (χ0n) is 16.9. The summed E-state index contributed by atoms with van der Waals surface area (Å²) in [6.07, 6.45) is 0. The van der Waals surface area contributed by atoms with Gasteiger partial charge < -0.3 is 15.0 Å². The van der Waals surface area contributed by atoms with Gasteiger partial charge in [0.05, 0.1) is 5.56 Å². The van der Waals surface area contributed by atoms with Crippen LogP contribution in [0, 0.1) is 5.82 Å². The second kappa shape index (κ2) is 9.69. The van der Waals surface area contributed by atoms with Crippen LogP contribution < -0.4 is 10.1 Å². The van der Waals surface area contributed by atoms with Crippen molar-refractivity contribution < 1.29 is 18.7 Å². The molecule has 2 amide bonds. The van der Waals surface area contributed by atoms with E-state index in [2.05, 4.69) is 5.32 Å². The number of nitrogens with one attached hydrogen (secondary N) is 1. The Balaban J connectivity index is 1.61. The monoisotopic (exact) mass is 406 g/mol. The number of carbonyl (C=O) groups is 2. The van der Waals surface area contributed by atoms with E-state index in [9.17, 15) is 14.0 Å². The van der Waals surface area contributed by atoms with E-state index in [1.807, 2.05) is 12.1 Å². The third-order valence-electron chi connectivity index (χ3n) is 4.50. The van der Waals surface area contributed by atoms with Gasteiger partial charge in [-0.2, -0.15) is 0 Å². The van der Waals surface area contributed by atoms with Crippen molar-refractivity contribution in [3.63, 3.8) is 0 Å². The standard InChI is InChI=1S/C24H23FN2O3/c1-27(2)24(29)19-11-7-17(8-12-19)15-26-23(28)21-5-3-4-6-22(21)30-16-18-9-13-20(25)14-10-18/h3-14H,15-16H2,1-2H3,(H,26,28). The Hall–Kier alpha value is -3.67. The zero-order valence-corrected chi connectivity index (χ0v) is 16.9. The van der Waals surface area contributed by atoms with Gasteiger partial charge in [-0.1, -0.05) is 36.4 Å². The fourth-order valence-electron chi connectivity index (χ4n) is 2.82. The van der Waals surface area contributed by atoms with Gasteiger partial charge in [-0.3, -0.25) is 9.59 Å². The molecule has 0 spiro atoms. The van der Waals surface area contributed by atoms with Crippen LogP contribution in [0.1, 0.15) is 31.8 Å². The number of halogens is 1. The Kier molecular flexibility index (Phi) is 6.80. The maximum Gasteiger partial charge on any atom is 0.255 e. The number of benzene rings is 3. The summed E-state index contributed by atoms with van der Waals surface area (Å²) in [7, 11) is 3.40. The highest BCUT2D eigenvalue weighted by molar-refractivity contribution is 5.97. The van der Waals surface area contributed by atoms with Crippen molar-refractivity contribution >= 4 is 11.8 Å². The van der Waals surface area contributed by atoms with Gasteiger partial charge in [-0.25, -0.2) is 4.39 Å². The lowest BCUT2D eigenvalue weighted by molar-refractivity contribution is 0.0827. The molecule has 0 radical (unpaired) electrons. The van der Waals surface area contributed by atoms with Crippen LogP contribution in [0.5, 0.6) is 5.75 Å². The summed E-state index contributed by atoms with van der Waals surface area (Å²) in [6.45, 7) is 0.549. The zero-order chi connectivity index (χ0) is 21.5. The first-order chi connectivity index (χ1) is 14.4. The van der Waals surface area contributed by atoms with Gasteiger partial charge >= 0.3 is 0 Å². The molecule has 6 heteroatoms. The topological polar surface area (TPSA) is 58.6 Å². The van der Waals surface area contributed by atoms with E-state index < -0.39 is 0 Å². The summed E-state index contributed by atoms with van der Waals surface area (Å²) in [5, 5.41) is 2.87. The van der Waals surface area contributed by atoms with Crippen LogP contribution >= 0.6 is 0 Å². The molecule has 3 aromatic carbocycles. The van der Waals surface area contributed by atoms with Gasteiger partial charge in [0.25, 0.3) is 11.8 Å². The maximum absolute atomic E-state index is 13.0. The van der Waals surface area contributed by atoms with E-state index in [0.29, 0.717) is 23.4 Å². The number of amides is 2. The van der Waals surface area contributed by atoms with Crippen molar-refractivity contribution in [2.24, 2.45) is 0 Å². The summed E-state index contributed by atoms with van der Waals surface area (Å²) in [5.74, 6) is -0.195. The van der Waals surface area contributed by atoms with Crippen LogP contribution in [0.15, 0.2) is 72.8 Å². The van der Waals surface area contributed by atoms with Crippen molar-refractivity contribution in [1.82, 2.24) is 10.2 Å². The highest BCUT2D eigenvalue weighted by Crippen LogP contribution is 2.20. The number of carbonyl (C=O) groups excluding carboxylic acids is 2. The van der Waals surface area contributed by atoms with Crippen molar-refractivity contribution in [3.8, 4) is 5.75 Å². The molecule has 0 aliphatic carbocycles. The predicted octanol–water partition coefficient (Wildman–Crippen LogP) is 4.04. The molecule has 154 valence electrons. The summed E-state index contributed by atoms with van der Waals surface area (Å²) >= 11 is 0. The van der Waals surface area contributed by atoms with Crippen LogP contribution in [-0.4, -0.2) is 30.8 Å². The average Bonchev–Trinajstić information content (AvgIpc) is 2.77. The first kappa shape index (κ1) is 21.0. The Morgan fingerprint density at radius 1 is 0.900 bits per heavy atom. The second-order valence-electron chi connectivity index (χ2n) is 6.99. The summed E-state index contributed by atoms with van der Waals surface area (Å²) < 4.78 is 18.8. The molecule has 0 aromatic heterocycles. The van der Waals surface area contributed by atoms with E-state index in [4.69, 9.17) is 4.74 Å². The van der Waals surface area contributed by atoms with Crippen LogP contribution in [0.4, 0.5) is 4.39 Å². The Morgan fingerprint density at radius 3 is 2.20 bits per heavy atom. The smallest absolute Gasteiger partial charge is 0.255 e. The number of hydrogen-bond donors (Lipinski definition) is 1. The normalized spacial score (nSPS) is 10.4. The Bertz CT molecular complexity index is 1020. The highest BCUT2D eigenvalue weighted by Gasteiger charge is 2.13.